The molecule has 31 heavy (non-hydrogen) atoms. The van der Waals surface area contributed by atoms with Crippen molar-refractivity contribution in [2.45, 2.75) is 19.3 Å². The third-order valence-electron chi connectivity index (χ3n) is 5.70. The van der Waals surface area contributed by atoms with Crippen LogP contribution >= 0.6 is 0 Å². The quantitative estimate of drug-likeness (QED) is 0.741. The highest BCUT2D eigenvalue weighted by Crippen LogP contribution is 2.30. The molecule has 1 aliphatic carbocycles. The predicted molar refractivity (Wildman–Crippen MR) is 120 cm³/mol. The van der Waals surface area contributed by atoms with Gasteiger partial charge in [0.1, 0.15) is 11.5 Å². The van der Waals surface area contributed by atoms with E-state index in [0.717, 1.165) is 43.8 Å². The minimum atomic E-state index is -0.0241. The Labute approximate surface area is 182 Å². The van der Waals surface area contributed by atoms with Crippen molar-refractivity contribution in [1.29, 1.82) is 0 Å². The van der Waals surface area contributed by atoms with E-state index in [1.165, 1.54) is 0 Å². The standard InChI is InChI=1S/C24H29N3O4/c1-30-21-10-8-20(9-11-21)26-12-3-13-27(15-14-26)23(28)17-31-22-5-2-4-19(16-22)25-24(29)18-6-7-18/h2,4-5,8-11,16,18H,3,6-7,12-15,17H2,1H3,(H,25,29). The van der Waals surface area contributed by atoms with E-state index in [4.69, 9.17) is 9.47 Å². The van der Waals surface area contributed by atoms with Crippen LogP contribution in [0.1, 0.15) is 19.3 Å². The fraction of sp³-hybridized carbons (Fsp3) is 0.417. The Bertz CT molecular complexity index is 911. The van der Waals surface area contributed by atoms with Crippen molar-refractivity contribution in [3.63, 3.8) is 0 Å². The molecule has 0 atom stereocenters. The molecule has 0 aromatic heterocycles. The van der Waals surface area contributed by atoms with Gasteiger partial charge in [-0.25, -0.2) is 0 Å². The van der Waals surface area contributed by atoms with Crippen molar-refractivity contribution in [1.82, 2.24) is 4.90 Å². The second kappa shape index (κ2) is 9.73. The van der Waals surface area contributed by atoms with Crippen molar-refractivity contribution >= 4 is 23.2 Å². The number of carbonyl (C=O) groups is 2. The van der Waals surface area contributed by atoms with Crippen LogP contribution in [0.2, 0.25) is 0 Å². The number of carbonyl (C=O) groups excluding carboxylic acids is 2. The highest BCUT2D eigenvalue weighted by Gasteiger charge is 2.29. The summed E-state index contributed by atoms with van der Waals surface area (Å²) in [7, 11) is 1.66. The number of ether oxygens (including phenoxy) is 2. The zero-order valence-corrected chi connectivity index (χ0v) is 17.9. The Balaban J connectivity index is 1.27. The number of hydrogen-bond acceptors (Lipinski definition) is 5. The second-order valence-electron chi connectivity index (χ2n) is 8.00. The van der Waals surface area contributed by atoms with Gasteiger partial charge in [0.25, 0.3) is 5.91 Å². The van der Waals surface area contributed by atoms with Gasteiger partial charge in [-0.05, 0) is 55.7 Å². The van der Waals surface area contributed by atoms with E-state index in [1.807, 2.05) is 29.2 Å². The molecule has 164 valence electrons. The van der Waals surface area contributed by atoms with Crippen molar-refractivity contribution in [2.75, 3.05) is 50.1 Å². The monoisotopic (exact) mass is 423 g/mol. The van der Waals surface area contributed by atoms with Gasteiger partial charge in [-0.3, -0.25) is 9.59 Å². The number of benzene rings is 2. The SMILES string of the molecule is COc1ccc(N2CCCN(C(=O)COc3cccc(NC(=O)C4CC4)c3)CC2)cc1. The van der Waals surface area contributed by atoms with Crippen LogP contribution < -0.4 is 19.7 Å². The average molecular weight is 424 g/mol. The first kappa shape index (κ1) is 21.0. The van der Waals surface area contributed by atoms with E-state index in [9.17, 15) is 9.59 Å². The first-order valence-electron chi connectivity index (χ1n) is 10.8. The molecule has 0 radical (unpaired) electrons. The molecule has 2 aliphatic rings. The summed E-state index contributed by atoms with van der Waals surface area (Å²) in [5, 5.41) is 2.90. The molecule has 7 heteroatoms. The summed E-state index contributed by atoms with van der Waals surface area (Å²) in [5.74, 6) is 1.59. The van der Waals surface area contributed by atoms with Gasteiger partial charge in [-0.15, -0.1) is 0 Å². The van der Waals surface area contributed by atoms with Gasteiger partial charge in [0.05, 0.1) is 7.11 Å². The molecule has 1 saturated carbocycles. The number of methoxy groups -OCH3 is 1. The molecule has 2 aromatic carbocycles. The van der Waals surface area contributed by atoms with E-state index in [2.05, 4.69) is 22.3 Å². The highest BCUT2D eigenvalue weighted by molar-refractivity contribution is 5.94. The highest BCUT2D eigenvalue weighted by atomic mass is 16.5. The summed E-state index contributed by atoms with van der Waals surface area (Å²) in [5.41, 5.74) is 1.84. The lowest BCUT2D eigenvalue weighted by atomic mass is 10.2. The van der Waals surface area contributed by atoms with Gasteiger partial charge in [0.2, 0.25) is 5.91 Å². The van der Waals surface area contributed by atoms with Gasteiger partial charge in [0.15, 0.2) is 6.61 Å². The van der Waals surface area contributed by atoms with Gasteiger partial charge >= 0.3 is 0 Å². The number of amides is 2. The first-order chi connectivity index (χ1) is 15.1. The molecule has 2 fully saturated rings. The Kier molecular flexibility index (Phi) is 6.60. The van der Waals surface area contributed by atoms with E-state index in [-0.39, 0.29) is 24.3 Å². The molecule has 2 aromatic rings. The average Bonchev–Trinajstić information content (AvgIpc) is 3.65. The largest absolute Gasteiger partial charge is 0.497 e. The molecule has 1 heterocycles. The molecule has 1 N–H and O–H groups in total. The summed E-state index contributed by atoms with van der Waals surface area (Å²) in [4.78, 5) is 28.8. The van der Waals surface area contributed by atoms with Gasteiger partial charge in [-0.2, -0.15) is 0 Å². The van der Waals surface area contributed by atoms with E-state index in [0.29, 0.717) is 24.5 Å². The van der Waals surface area contributed by atoms with Gasteiger partial charge in [-0.1, -0.05) is 6.07 Å². The van der Waals surface area contributed by atoms with Crippen LogP contribution in [0.4, 0.5) is 11.4 Å². The molecule has 2 amide bonds. The summed E-state index contributed by atoms with van der Waals surface area (Å²) in [6.07, 6.45) is 2.82. The minimum Gasteiger partial charge on any atom is -0.497 e. The molecule has 0 spiro atoms. The summed E-state index contributed by atoms with van der Waals surface area (Å²) >= 11 is 0. The Morgan fingerprint density at radius 3 is 2.55 bits per heavy atom. The fourth-order valence-electron chi connectivity index (χ4n) is 3.71. The Morgan fingerprint density at radius 2 is 1.81 bits per heavy atom. The molecule has 0 unspecified atom stereocenters. The third-order valence-corrected chi connectivity index (χ3v) is 5.70. The number of nitrogens with zero attached hydrogens (tertiary/aromatic N) is 2. The number of rotatable bonds is 7. The maximum atomic E-state index is 12.7. The summed E-state index contributed by atoms with van der Waals surface area (Å²) in [6.45, 7) is 3.04. The molecule has 4 rings (SSSR count). The van der Waals surface area contributed by atoms with Crippen molar-refractivity contribution in [3.8, 4) is 11.5 Å². The van der Waals surface area contributed by atoms with Crippen LogP contribution in [0.5, 0.6) is 11.5 Å². The van der Waals surface area contributed by atoms with E-state index >= 15 is 0 Å². The lowest BCUT2D eigenvalue weighted by Gasteiger charge is -2.24. The molecule has 1 saturated heterocycles. The van der Waals surface area contributed by atoms with E-state index < -0.39 is 0 Å². The normalized spacial score (nSPS) is 16.4. The third kappa shape index (κ3) is 5.69. The number of anilines is 2. The van der Waals surface area contributed by atoms with Crippen molar-refractivity contribution < 1.29 is 19.1 Å². The maximum Gasteiger partial charge on any atom is 0.260 e. The van der Waals surface area contributed by atoms with Crippen LogP contribution in [0.25, 0.3) is 0 Å². The molecule has 0 bridgehead atoms. The number of hydrogen-bond donors (Lipinski definition) is 1. The minimum absolute atomic E-state index is 0.0113. The van der Waals surface area contributed by atoms with Crippen LogP contribution in [0.3, 0.4) is 0 Å². The number of nitrogens with one attached hydrogen (secondary N) is 1. The zero-order chi connectivity index (χ0) is 21.6. The topological polar surface area (TPSA) is 71.1 Å². The smallest absolute Gasteiger partial charge is 0.260 e. The molecule has 1 aliphatic heterocycles. The molecule has 7 nitrogen and oxygen atoms in total. The first-order valence-corrected chi connectivity index (χ1v) is 10.8. The van der Waals surface area contributed by atoms with Crippen LogP contribution in [0.15, 0.2) is 48.5 Å². The van der Waals surface area contributed by atoms with Crippen LogP contribution in [0, 0.1) is 5.92 Å². The zero-order valence-electron chi connectivity index (χ0n) is 17.9. The van der Waals surface area contributed by atoms with Gasteiger partial charge in [0, 0.05) is 49.5 Å². The lowest BCUT2D eigenvalue weighted by molar-refractivity contribution is -0.133. The Morgan fingerprint density at radius 1 is 1.00 bits per heavy atom. The predicted octanol–water partition coefficient (Wildman–Crippen LogP) is 3.16. The maximum absolute atomic E-state index is 12.7. The summed E-state index contributed by atoms with van der Waals surface area (Å²) < 4.78 is 11.0. The molecular formula is C24H29N3O4. The van der Waals surface area contributed by atoms with Crippen LogP contribution in [-0.4, -0.2) is 56.6 Å². The lowest BCUT2D eigenvalue weighted by Crippen LogP contribution is -2.38. The van der Waals surface area contributed by atoms with Crippen molar-refractivity contribution in [2.24, 2.45) is 5.92 Å². The van der Waals surface area contributed by atoms with E-state index in [1.54, 1.807) is 19.2 Å². The Hall–Kier alpha value is -3.22. The van der Waals surface area contributed by atoms with Crippen LogP contribution in [-0.2, 0) is 9.59 Å². The fourth-order valence-corrected chi connectivity index (χ4v) is 3.71. The second-order valence-corrected chi connectivity index (χ2v) is 8.00. The van der Waals surface area contributed by atoms with Gasteiger partial charge < -0.3 is 24.6 Å². The summed E-state index contributed by atoms with van der Waals surface area (Å²) in [6, 6.07) is 15.2. The van der Waals surface area contributed by atoms with Crippen molar-refractivity contribution in [3.05, 3.63) is 48.5 Å². The molecular weight excluding hydrogens is 394 g/mol.